The van der Waals surface area contributed by atoms with Gasteiger partial charge in [0.15, 0.2) is 21.6 Å². The Bertz CT molecular complexity index is 759. The predicted octanol–water partition coefficient (Wildman–Crippen LogP) is -0.349. The SMILES string of the molecule is Cc1ccc(S(=O)(=O)CC(C)C(=O)N=C(N)N)cc1.N#CC(=N)N. The molecule has 1 rings (SSSR count). The summed E-state index contributed by atoms with van der Waals surface area (Å²) in [6.45, 7) is 3.34. The van der Waals surface area contributed by atoms with E-state index in [1.54, 1.807) is 12.1 Å². The summed E-state index contributed by atoms with van der Waals surface area (Å²) in [6.07, 6.45) is 0. The molecule has 7 N–H and O–H groups in total. The van der Waals surface area contributed by atoms with Crippen molar-refractivity contribution in [2.45, 2.75) is 18.7 Å². The molecule has 1 atom stereocenters. The highest BCUT2D eigenvalue weighted by Crippen LogP contribution is 2.15. The van der Waals surface area contributed by atoms with Crippen molar-refractivity contribution >= 4 is 27.5 Å². The van der Waals surface area contributed by atoms with Gasteiger partial charge in [0.2, 0.25) is 0 Å². The number of carbonyl (C=O) groups is 1. The van der Waals surface area contributed by atoms with E-state index < -0.39 is 27.5 Å². The van der Waals surface area contributed by atoms with Crippen molar-refractivity contribution in [2.24, 2.45) is 28.1 Å². The average Bonchev–Trinajstić information content (AvgIpc) is 2.47. The molecule has 9 nitrogen and oxygen atoms in total. The van der Waals surface area contributed by atoms with Gasteiger partial charge < -0.3 is 17.2 Å². The lowest BCUT2D eigenvalue weighted by Gasteiger charge is -2.09. The fourth-order valence-electron chi connectivity index (χ4n) is 1.48. The van der Waals surface area contributed by atoms with Crippen LogP contribution in [0, 0.1) is 29.6 Å². The van der Waals surface area contributed by atoms with E-state index in [1.165, 1.54) is 25.1 Å². The molecule has 0 bridgehead atoms. The third-order valence-corrected chi connectivity index (χ3v) is 4.56. The Morgan fingerprint density at radius 2 is 1.75 bits per heavy atom. The number of amides is 1. The Hall–Kier alpha value is -2.93. The minimum absolute atomic E-state index is 0.183. The number of benzene rings is 1. The van der Waals surface area contributed by atoms with E-state index in [2.05, 4.69) is 10.7 Å². The van der Waals surface area contributed by atoms with Crippen molar-refractivity contribution in [2.75, 3.05) is 5.75 Å². The van der Waals surface area contributed by atoms with Crippen LogP contribution in [0.3, 0.4) is 0 Å². The normalized spacial score (nSPS) is 11.2. The number of aryl methyl sites for hydroxylation is 1. The number of carbonyl (C=O) groups excluding carboxylic acids is 1. The van der Waals surface area contributed by atoms with Crippen LogP contribution in [0.5, 0.6) is 0 Å². The fraction of sp³-hybridized carbons (Fsp3) is 0.286. The summed E-state index contributed by atoms with van der Waals surface area (Å²) < 4.78 is 24.2. The van der Waals surface area contributed by atoms with Crippen LogP contribution in [0.1, 0.15) is 12.5 Å². The molecule has 0 fully saturated rings. The van der Waals surface area contributed by atoms with Crippen LogP contribution < -0.4 is 17.2 Å². The molecule has 0 heterocycles. The van der Waals surface area contributed by atoms with E-state index in [0.29, 0.717) is 0 Å². The molecule has 24 heavy (non-hydrogen) atoms. The van der Waals surface area contributed by atoms with Crippen molar-refractivity contribution in [3.05, 3.63) is 29.8 Å². The van der Waals surface area contributed by atoms with Gasteiger partial charge in [-0.25, -0.2) is 8.42 Å². The number of nitriles is 1. The van der Waals surface area contributed by atoms with E-state index in [-0.39, 0.29) is 16.6 Å². The van der Waals surface area contributed by atoms with E-state index in [9.17, 15) is 13.2 Å². The standard InChI is InChI=1S/C12H17N3O3S.C2H3N3/c1-8-3-5-10(6-4-8)19(17,18)7-9(2)11(16)15-12(13)14;3-1-2(4)5/h3-6,9H,7H2,1-2H3,(H4,13,14,15,16);(H3,4,5). The number of amidine groups is 1. The van der Waals surface area contributed by atoms with E-state index >= 15 is 0 Å². The Morgan fingerprint density at radius 1 is 1.29 bits per heavy atom. The third kappa shape index (κ3) is 7.90. The maximum absolute atomic E-state index is 12.1. The Balaban J connectivity index is 0.000000922. The molecule has 130 valence electrons. The fourth-order valence-corrected chi connectivity index (χ4v) is 3.02. The molecule has 0 spiro atoms. The van der Waals surface area contributed by atoms with Crippen LogP contribution in [0.15, 0.2) is 34.2 Å². The minimum atomic E-state index is -3.53. The second-order valence-electron chi connectivity index (χ2n) is 4.90. The number of hydrogen-bond donors (Lipinski definition) is 4. The van der Waals surface area contributed by atoms with Gasteiger partial charge >= 0.3 is 0 Å². The number of nitrogens with zero attached hydrogens (tertiary/aromatic N) is 2. The number of guanidine groups is 1. The number of nitrogens with one attached hydrogen (secondary N) is 1. The lowest BCUT2D eigenvalue weighted by molar-refractivity contribution is -0.120. The molecule has 0 radical (unpaired) electrons. The third-order valence-electron chi connectivity index (χ3n) is 2.63. The average molecular weight is 352 g/mol. The van der Waals surface area contributed by atoms with Gasteiger partial charge in [-0.1, -0.05) is 24.6 Å². The molecule has 0 aliphatic carbocycles. The first-order valence-electron chi connectivity index (χ1n) is 6.66. The van der Waals surface area contributed by atoms with Gasteiger partial charge in [-0.05, 0) is 19.1 Å². The van der Waals surface area contributed by atoms with Crippen LogP contribution in [-0.2, 0) is 14.6 Å². The molecular weight excluding hydrogens is 332 g/mol. The zero-order valence-electron chi connectivity index (χ0n) is 13.4. The van der Waals surface area contributed by atoms with Gasteiger partial charge in [0.05, 0.1) is 16.6 Å². The second kappa shape index (κ2) is 9.26. The van der Waals surface area contributed by atoms with Crippen LogP contribution >= 0.6 is 0 Å². The summed E-state index contributed by atoms with van der Waals surface area (Å²) >= 11 is 0. The second-order valence-corrected chi connectivity index (χ2v) is 6.93. The highest BCUT2D eigenvalue weighted by atomic mass is 32.2. The largest absolute Gasteiger partial charge is 0.375 e. The minimum Gasteiger partial charge on any atom is -0.375 e. The molecule has 0 saturated heterocycles. The lowest BCUT2D eigenvalue weighted by Crippen LogP contribution is -2.27. The number of nitrogens with two attached hydrogens (primary N) is 3. The van der Waals surface area contributed by atoms with Crippen molar-refractivity contribution < 1.29 is 13.2 Å². The molecule has 1 aromatic rings. The van der Waals surface area contributed by atoms with Crippen LogP contribution in [-0.4, -0.2) is 31.9 Å². The van der Waals surface area contributed by atoms with Crippen molar-refractivity contribution in [1.82, 2.24) is 0 Å². The van der Waals surface area contributed by atoms with Gasteiger partial charge in [0.25, 0.3) is 5.91 Å². The van der Waals surface area contributed by atoms with Gasteiger partial charge in [-0.2, -0.15) is 10.3 Å². The van der Waals surface area contributed by atoms with E-state index in [4.69, 9.17) is 22.1 Å². The maximum Gasteiger partial charge on any atom is 0.252 e. The molecule has 1 amide bonds. The molecule has 0 aliphatic heterocycles. The van der Waals surface area contributed by atoms with Crippen molar-refractivity contribution in [3.63, 3.8) is 0 Å². The summed E-state index contributed by atoms with van der Waals surface area (Å²) in [7, 11) is -3.53. The highest BCUT2D eigenvalue weighted by Gasteiger charge is 2.23. The molecule has 1 aromatic carbocycles. The number of hydrogen-bond acceptors (Lipinski definition) is 5. The smallest absolute Gasteiger partial charge is 0.252 e. The Kier molecular flexibility index (Phi) is 8.13. The molecule has 0 saturated carbocycles. The molecule has 0 aliphatic rings. The lowest BCUT2D eigenvalue weighted by atomic mass is 10.2. The maximum atomic E-state index is 12.1. The zero-order chi connectivity index (χ0) is 18.9. The Labute approximate surface area is 140 Å². The molecular formula is C14H20N6O3S. The van der Waals surface area contributed by atoms with Crippen molar-refractivity contribution in [3.8, 4) is 6.07 Å². The van der Waals surface area contributed by atoms with Gasteiger partial charge in [0, 0.05) is 0 Å². The molecule has 0 aromatic heterocycles. The van der Waals surface area contributed by atoms with Crippen LogP contribution in [0.4, 0.5) is 0 Å². The first-order chi connectivity index (χ1) is 11.0. The zero-order valence-corrected chi connectivity index (χ0v) is 14.2. The first kappa shape index (κ1) is 21.1. The summed E-state index contributed by atoms with van der Waals surface area (Å²) in [4.78, 5) is 15.0. The molecule has 1 unspecified atom stereocenters. The number of sulfone groups is 1. The quantitative estimate of drug-likeness (QED) is 0.420. The van der Waals surface area contributed by atoms with E-state index in [0.717, 1.165) is 5.56 Å². The number of aliphatic imine (C=N–C) groups is 1. The van der Waals surface area contributed by atoms with Crippen molar-refractivity contribution in [1.29, 1.82) is 10.7 Å². The highest BCUT2D eigenvalue weighted by molar-refractivity contribution is 7.91. The summed E-state index contributed by atoms with van der Waals surface area (Å²) in [5.41, 5.74) is 15.6. The molecule has 10 heteroatoms. The summed E-state index contributed by atoms with van der Waals surface area (Å²) in [5, 5.41) is 13.7. The predicted molar refractivity (Wildman–Crippen MR) is 90.7 cm³/mol. The van der Waals surface area contributed by atoms with Gasteiger partial charge in [-0.15, -0.1) is 0 Å². The summed E-state index contributed by atoms with van der Waals surface area (Å²) in [6, 6.07) is 7.83. The Morgan fingerprint density at radius 3 is 2.12 bits per heavy atom. The number of rotatable bonds is 4. The van der Waals surface area contributed by atoms with Crippen LogP contribution in [0.2, 0.25) is 0 Å². The van der Waals surface area contributed by atoms with E-state index in [1.807, 2.05) is 6.92 Å². The first-order valence-corrected chi connectivity index (χ1v) is 8.32. The van der Waals surface area contributed by atoms with Gasteiger partial charge in [-0.3, -0.25) is 10.2 Å². The summed E-state index contributed by atoms with van der Waals surface area (Å²) in [5.74, 6) is -2.58. The van der Waals surface area contributed by atoms with Gasteiger partial charge in [0.1, 0.15) is 6.07 Å². The van der Waals surface area contributed by atoms with Crippen LogP contribution in [0.25, 0.3) is 0 Å². The topological polar surface area (TPSA) is 189 Å². The monoisotopic (exact) mass is 352 g/mol.